The SMILES string of the molecule is CC(=O)c1nc2cc[nH]n2c(=O)c1Cc1ccc(Cl)c(Cl)c1. The van der Waals surface area contributed by atoms with Crippen molar-refractivity contribution < 1.29 is 4.79 Å². The van der Waals surface area contributed by atoms with Crippen LogP contribution in [-0.4, -0.2) is 20.4 Å². The molecule has 0 aliphatic carbocycles. The van der Waals surface area contributed by atoms with Crippen LogP contribution in [0, 0.1) is 0 Å². The van der Waals surface area contributed by atoms with Gasteiger partial charge >= 0.3 is 0 Å². The van der Waals surface area contributed by atoms with Crippen molar-refractivity contribution in [1.82, 2.24) is 14.6 Å². The van der Waals surface area contributed by atoms with Gasteiger partial charge in [-0.15, -0.1) is 0 Å². The summed E-state index contributed by atoms with van der Waals surface area (Å²) in [5, 5.41) is 3.62. The molecule has 1 N–H and O–H groups in total. The molecule has 0 radical (unpaired) electrons. The van der Waals surface area contributed by atoms with E-state index in [9.17, 15) is 9.59 Å². The van der Waals surface area contributed by atoms with Crippen molar-refractivity contribution in [2.75, 3.05) is 0 Å². The molecular weight excluding hydrogens is 325 g/mol. The summed E-state index contributed by atoms with van der Waals surface area (Å²) in [4.78, 5) is 28.6. The Labute approximate surface area is 135 Å². The van der Waals surface area contributed by atoms with Crippen molar-refractivity contribution in [2.24, 2.45) is 0 Å². The quantitative estimate of drug-likeness (QED) is 0.747. The van der Waals surface area contributed by atoms with Crippen molar-refractivity contribution in [1.29, 1.82) is 0 Å². The molecule has 0 aliphatic heterocycles. The standard InChI is InChI=1S/C15H11Cl2N3O2/c1-8(21)14-10(6-9-2-3-11(16)12(17)7-9)15(22)20-13(19-14)4-5-18-20/h2-5,7,18H,6H2,1H3. The van der Waals surface area contributed by atoms with Crippen molar-refractivity contribution in [3.63, 3.8) is 0 Å². The molecule has 0 unspecified atom stereocenters. The number of aromatic amines is 1. The first-order valence-electron chi connectivity index (χ1n) is 6.51. The van der Waals surface area contributed by atoms with E-state index in [1.807, 2.05) is 0 Å². The number of hydrogen-bond acceptors (Lipinski definition) is 3. The Balaban J connectivity index is 2.18. The summed E-state index contributed by atoms with van der Waals surface area (Å²) >= 11 is 11.9. The molecular formula is C15H11Cl2N3O2. The lowest BCUT2D eigenvalue weighted by atomic mass is 10.0. The van der Waals surface area contributed by atoms with Gasteiger partial charge in [-0.1, -0.05) is 29.3 Å². The molecule has 0 aliphatic rings. The maximum absolute atomic E-state index is 12.6. The third-order valence-electron chi connectivity index (χ3n) is 3.34. The molecule has 2 heterocycles. The van der Waals surface area contributed by atoms with E-state index in [0.29, 0.717) is 21.3 Å². The van der Waals surface area contributed by atoms with E-state index in [4.69, 9.17) is 23.2 Å². The fraction of sp³-hybridized carbons (Fsp3) is 0.133. The van der Waals surface area contributed by atoms with Crippen LogP contribution in [0.15, 0.2) is 35.3 Å². The van der Waals surface area contributed by atoms with Crippen LogP contribution in [0.1, 0.15) is 28.5 Å². The third-order valence-corrected chi connectivity index (χ3v) is 4.08. The van der Waals surface area contributed by atoms with E-state index < -0.39 is 0 Å². The maximum atomic E-state index is 12.6. The molecule has 7 heteroatoms. The number of fused-ring (bicyclic) bond motifs is 1. The van der Waals surface area contributed by atoms with E-state index in [1.165, 1.54) is 11.4 Å². The summed E-state index contributed by atoms with van der Waals surface area (Å²) in [6.07, 6.45) is 1.84. The second kappa shape index (κ2) is 5.59. The minimum absolute atomic E-state index is 0.177. The van der Waals surface area contributed by atoms with Crippen molar-refractivity contribution in [2.45, 2.75) is 13.3 Å². The molecule has 0 spiro atoms. The number of carbonyl (C=O) groups is 1. The topological polar surface area (TPSA) is 67.2 Å². The zero-order chi connectivity index (χ0) is 15.9. The highest BCUT2D eigenvalue weighted by atomic mass is 35.5. The van der Waals surface area contributed by atoms with Gasteiger partial charge in [-0.05, 0) is 17.7 Å². The van der Waals surface area contributed by atoms with Gasteiger partial charge < -0.3 is 0 Å². The molecule has 0 saturated carbocycles. The first-order valence-corrected chi connectivity index (χ1v) is 7.27. The van der Waals surface area contributed by atoms with Crippen LogP contribution in [0.25, 0.3) is 5.65 Å². The number of rotatable bonds is 3. The van der Waals surface area contributed by atoms with Crippen LogP contribution in [0.2, 0.25) is 10.0 Å². The van der Waals surface area contributed by atoms with E-state index in [0.717, 1.165) is 5.56 Å². The average molecular weight is 336 g/mol. The smallest absolute Gasteiger partial charge is 0.276 e. The highest BCUT2D eigenvalue weighted by molar-refractivity contribution is 6.42. The van der Waals surface area contributed by atoms with Gasteiger partial charge in [0, 0.05) is 25.6 Å². The maximum Gasteiger partial charge on any atom is 0.276 e. The molecule has 2 aromatic heterocycles. The lowest BCUT2D eigenvalue weighted by Crippen LogP contribution is -2.24. The molecule has 0 saturated heterocycles. The number of hydrogen-bond donors (Lipinski definition) is 1. The number of benzene rings is 1. The molecule has 112 valence electrons. The van der Waals surface area contributed by atoms with Crippen LogP contribution >= 0.6 is 23.2 Å². The van der Waals surface area contributed by atoms with E-state index in [1.54, 1.807) is 30.5 Å². The summed E-state index contributed by atoms with van der Waals surface area (Å²) in [5.74, 6) is -0.254. The number of aromatic nitrogens is 3. The highest BCUT2D eigenvalue weighted by Gasteiger charge is 2.17. The number of nitrogens with one attached hydrogen (secondary N) is 1. The molecule has 3 rings (SSSR count). The molecule has 3 aromatic rings. The number of Topliss-reactive ketones (excluding diaryl/α,β-unsaturated/α-hetero) is 1. The lowest BCUT2D eigenvalue weighted by Gasteiger charge is -2.07. The van der Waals surface area contributed by atoms with Crippen LogP contribution < -0.4 is 5.56 Å². The van der Waals surface area contributed by atoms with E-state index in [-0.39, 0.29) is 23.5 Å². The Kier molecular flexibility index (Phi) is 3.76. The molecule has 0 bridgehead atoms. The molecule has 0 fully saturated rings. The third kappa shape index (κ3) is 2.53. The van der Waals surface area contributed by atoms with Crippen molar-refractivity contribution >= 4 is 34.6 Å². The highest BCUT2D eigenvalue weighted by Crippen LogP contribution is 2.24. The minimum atomic E-state index is -0.300. The number of carbonyl (C=O) groups excluding carboxylic acids is 1. The minimum Gasteiger partial charge on any atom is -0.297 e. The molecule has 22 heavy (non-hydrogen) atoms. The number of halogens is 2. The predicted octanol–water partition coefficient (Wildman–Crippen LogP) is 3.12. The Morgan fingerprint density at radius 3 is 2.73 bits per heavy atom. The largest absolute Gasteiger partial charge is 0.297 e. The second-order valence-corrected chi connectivity index (χ2v) is 5.70. The van der Waals surface area contributed by atoms with Gasteiger partial charge in [0.15, 0.2) is 11.4 Å². The normalized spacial score (nSPS) is 11.0. The molecule has 5 nitrogen and oxygen atoms in total. The number of ketones is 1. The molecule has 0 amide bonds. The van der Waals surface area contributed by atoms with Crippen LogP contribution in [0.3, 0.4) is 0 Å². The monoisotopic (exact) mass is 335 g/mol. The van der Waals surface area contributed by atoms with Crippen molar-refractivity contribution in [3.05, 3.63) is 67.7 Å². The Hall–Kier alpha value is -2.11. The first-order chi connectivity index (χ1) is 10.5. The lowest BCUT2D eigenvalue weighted by molar-refractivity contribution is 0.101. The summed E-state index contributed by atoms with van der Waals surface area (Å²) in [6.45, 7) is 1.39. The van der Waals surface area contributed by atoms with Crippen LogP contribution in [0.4, 0.5) is 0 Å². The van der Waals surface area contributed by atoms with E-state index >= 15 is 0 Å². The second-order valence-electron chi connectivity index (χ2n) is 4.88. The van der Waals surface area contributed by atoms with Crippen molar-refractivity contribution in [3.8, 4) is 0 Å². The number of H-pyrrole nitrogens is 1. The summed E-state index contributed by atoms with van der Waals surface area (Å²) in [5.41, 5.74) is 1.39. The summed E-state index contributed by atoms with van der Waals surface area (Å²) in [6, 6.07) is 6.74. The van der Waals surface area contributed by atoms with Crippen LogP contribution in [0.5, 0.6) is 0 Å². The zero-order valence-electron chi connectivity index (χ0n) is 11.6. The van der Waals surface area contributed by atoms with Gasteiger partial charge in [-0.2, -0.15) is 0 Å². The van der Waals surface area contributed by atoms with E-state index in [2.05, 4.69) is 10.1 Å². The molecule has 0 atom stereocenters. The van der Waals surface area contributed by atoms with Gasteiger partial charge in [-0.3, -0.25) is 14.7 Å². The van der Waals surface area contributed by atoms with Gasteiger partial charge in [-0.25, -0.2) is 9.50 Å². The Morgan fingerprint density at radius 2 is 2.05 bits per heavy atom. The average Bonchev–Trinajstić information content (AvgIpc) is 2.94. The first kappa shape index (κ1) is 14.8. The summed E-state index contributed by atoms with van der Waals surface area (Å²) in [7, 11) is 0. The summed E-state index contributed by atoms with van der Waals surface area (Å²) < 4.78 is 1.30. The van der Waals surface area contributed by atoms with Gasteiger partial charge in [0.05, 0.1) is 15.6 Å². The number of nitrogens with zero attached hydrogens (tertiary/aromatic N) is 2. The predicted molar refractivity (Wildman–Crippen MR) is 85.1 cm³/mol. The van der Waals surface area contributed by atoms with Crippen LogP contribution in [-0.2, 0) is 6.42 Å². The fourth-order valence-electron chi connectivity index (χ4n) is 2.30. The van der Waals surface area contributed by atoms with Gasteiger partial charge in [0.25, 0.3) is 5.56 Å². The van der Waals surface area contributed by atoms with Gasteiger partial charge in [0.1, 0.15) is 5.69 Å². The van der Waals surface area contributed by atoms with Gasteiger partial charge in [0.2, 0.25) is 0 Å². The Morgan fingerprint density at radius 1 is 1.27 bits per heavy atom. The zero-order valence-corrected chi connectivity index (χ0v) is 13.1. The fourth-order valence-corrected chi connectivity index (χ4v) is 2.62. The molecule has 1 aromatic carbocycles. The Bertz CT molecular complexity index is 944.